The van der Waals surface area contributed by atoms with Crippen LogP contribution in [0.1, 0.15) is 0 Å². The summed E-state index contributed by atoms with van der Waals surface area (Å²) in [4.78, 5) is 0. The second-order valence-electron chi connectivity index (χ2n) is 1.86. The van der Waals surface area contributed by atoms with Crippen molar-refractivity contribution >= 4 is 22.8 Å². The predicted octanol–water partition coefficient (Wildman–Crippen LogP) is 1.00. The second-order valence-corrected chi connectivity index (χ2v) is 2.19. The van der Waals surface area contributed by atoms with Crippen molar-refractivity contribution in [3.8, 4) is 0 Å². The van der Waals surface area contributed by atoms with Gasteiger partial charge in [0, 0.05) is 5.69 Å². The molecule has 0 amide bonds. The Kier molecular flexibility index (Phi) is 2.76. The molecule has 0 saturated carbocycles. The van der Waals surface area contributed by atoms with Crippen molar-refractivity contribution in [2.24, 2.45) is 10.2 Å². The van der Waals surface area contributed by atoms with Gasteiger partial charge < -0.3 is 5.43 Å². The zero-order valence-electron chi connectivity index (χ0n) is 5.65. The Morgan fingerprint density at radius 2 is 2.00 bits per heavy atom. The largest absolute Gasteiger partial charge is 0.324 e. The molecule has 58 valence electrons. The van der Waals surface area contributed by atoms with Crippen molar-refractivity contribution in [3.05, 3.63) is 24.3 Å². The van der Waals surface area contributed by atoms with Crippen LogP contribution in [0.3, 0.4) is 0 Å². The number of nitrogens with one attached hydrogen (secondary N) is 1. The Labute approximate surface area is 67.6 Å². The highest BCUT2D eigenvalue weighted by molar-refractivity contribution is 7.54. The number of anilines is 1. The zero-order valence-corrected chi connectivity index (χ0v) is 6.47. The maximum absolute atomic E-state index is 9.96. The van der Waals surface area contributed by atoms with Gasteiger partial charge in [0.25, 0.3) is 0 Å². The van der Waals surface area contributed by atoms with Crippen LogP contribution in [0.4, 0.5) is 11.4 Å². The number of hydrazine groups is 1. The maximum Gasteiger partial charge on any atom is 0.205 e. The van der Waals surface area contributed by atoms with Gasteiger partial charge in [0.2, 0.25) is 11.5 Å². The van der Waals surface area contributed by atoms with Crippen LogP contribution >= 0.6 is 0 Å². The van der Waals surface area contributed by atoms with Crippen LogP contribution < -0.4 is 11.3 Å². The molecule has 0 fully saturated rings. The quantitative estimate of drug-likeness (QED) is 0.512. The number of hydrogen-bond donors (Lipinski definition) is 2. The molecule has 4 nitrogen and oxygen atoms in total. The van der Waals surface area contributed by atoms with Crippen molar-refractivity contribution < 1.29 is 4.21 Å². The smallest absolute Gasteiger partial charge is 0.205 e. The van der Waals surface area contributed by atoms with E-state index in [1.165, 1.54) is 0 Å². The van der Waals surface area contributed by atoms with Crippen molar-refractivity contribution in [3.63, 3.8) is 0 Å². The lowest BCUT2D eigenvalue weighted by Gasteiger charge is -1.96. The number of nitrogen functional groups attached to an aromatic ring is 1. The Hall–Kier alpha value is -1.20. The lowest BCUT2D eigenvalue weighted by molar-refractivity contribution is 0.698. The van der Waals surface area contributed by atoms with Gasteiger partial charge in [-0.3, -0.25) is 5.84 Å². The van der Waals surface area contributed by atoms with Crippen molar-refractivity contribution in [2.75, 3.05) is 5.43 Å². The number of nitrogens with zero attached hydrogens (tertiary/aromatic N) is 1. The Morgan fingerprint density at radius 3 is 2.45 bits per heavy atom. The molecule has 0 saturated heterocycles. The van der Waals surface area contributed by atoms with E-state index in [1.54, 1.807) is 24.3 Å². The van der Waals surface area contributed by atoms with Gasteiger partial charge in [0.1, 0.15) is 0 Å². The highest BCUT2D eigenvalue weighted by Crippen LogP contribution is 2.14. The number of rotatable bonds is 2. The van der Waals surface area contributed by atoms with Gasteiger partial charge in [-0.1, -0.05) is 0 Å². The molecule has 1 aromatic rings. The molecule has 0 bridgehead atoms. The Bertz CT molecular complexity index is 278. The highest BCUT2D eigenvalue weighted by atomic mass is 32.1. The van der Waals surface area contributed by atoms with E-state index >= 15 is 0 Å². The summed E-state index contributed by atoms with van der Waals surface area (Å²) in [7, 11) is 0. The molecule has 0 aliphatic carbocycles. The molecule has 0 radical (unpaired) electrons. The normalized spacial score (nSPS) is 8.82. The summed E-state index contributed by atoms with van der Waals surface area (Å²) in [6.07, 6.45) is 0. The van der Waals surface area contributed by atoms with Gasteiger partial charge in [-0.25, -0.2) is 0 Å². The maximum atomic E-state index is 9.96. The minimum absolute atomic E-state index is 0.192. The van der Waals surface area contributed by atoms with Crippen molar-refractivity contribution in [1.82, 2.24) is 0 Å². The summed E-state index contributed by atoms with van der Waals surface area (Å²) in [6.45, 7) is 0. The van der Waals surface area contributed by atoms with E-state index in [0.717, 1.165) is 5.69 Å². The SMILES string of the molecule is NNc1ccc(N=S=O)cc1. The van der Waals surface area contributed by atoms with Crippen LogP contribution in [0.2, 0.25) is 0 Å². The number of nitrogens with two attached hydrogens (primary N) is 1. The molecule has 1 aromatic carbocycles. The first-order chi connectivity index (χ1) is 5.36. The topological polar surface area (TPSA) is 67.5 Å². The van der Waals surface area contributed by atoms with Gasteiger partial charge in [0.05, 0.1) is 5.69 Å². The van der Waals surface area contributed by atoms with E-state index < -0.39 is 0 Å². The molecule has 0 aliphatic rings. The molecule has 0 aliphatic heterocycles. The van der Waals surface area contributed by atoms with Gasteiger partial charge in [-0.15, -0.1) is 0 Å². The summed E-state index contributed by atoms with van der Waals surface area (Å²) >= 11 is 0.192. The molecule has 5 heteroatoms. The van der Waals surface area contributed by atoms with Gasteiger partial charge in [-0.2, -0.15) is 8.57 Å². The molecule has 0 spiro atoms. The number of hydrogen-bond acceptors (Lipinski definition) is 4. The monoisotopic (exact) mass is 169 g/mol. The molecule has 3 N–H and O–H groups in total. The van der Waals surface area contributed by atoms with Crippen LogP contribution in [0.15, 0.2) is 28.6 Å². The van der Waals surface area contributed by atoms with Gasteiger partial charge >= 0.3 is 0 Å². The molecular weight excluding hydrogens is 162 g/mol. The van der Waals surface area contributed by atoms with E-state index in [4.69, 9.17) is 5.84 Å². The first-order valence-corrected chi connectivity index (χ1v) is 3.63. The third-order valence-electron chi connectivity index (χ3n) is 1.18. The van der Waals surface area contributed by atoms with E-state index in [0.29, 0.717) is 5.69 Å². The van der Waals surface area contributed by atoms with Crippen LogP contribution in [0, 0.1) is 0 Å². The minimum atomic E-state index is 0.192. The molecule has 0 atom stereocenters. The van der Waals surface area contributed by atoms with Crippen LogP contribution in [-0.2, 0) is 11.5 Å². The lowest BCUT2D eigenvalue weighted by atomic mass is 10.3. The summed E-state index contributed by atoms with van der Waals surface area (Å²) in [5, 5.41) is 0. The van der Waals surface area contributed by atoms with Crippen molar-refractivity contribution in [2.45, 2.75) is 0 Å². The fraction of sp³-hybridized carbons (Fsp3) is 0. The van der Waals surface area contributed by atoms with Crippen LogP contribution in [0.5, 0.6) is 0 Å². The van der Waals surface area contributed by atoms with Crippen LogP contribution in [-0.4, -0.2) is 4.21 Å². The van der Waals surface area contributed by atoms with E-state index in [1.807, 2.05) is 0 Å². The van der Waals surface area contributed by atoms with E-state index in [-0.39, 0.29) is 11.5 Å². The Balaban J connectivity index is 2.91. The lowest BCUT2D eigenvalue weighted by Crippen LogP contribution is -2.05. The first kappa shape index (κ1) is 7.90. The summed E-state index contributed by atoms with van der Waals surface area (Å²) in [5.74, 6) is 5.13. The van der Waals surface area contributed by atoms with E-state index in [2.05, 4.69) is 9.79 Å². The first-order valence-electron chi connectivity index (χ1n) is 2.93. The average molecular weight is 169 g/mol. The van der Waals surface area contributed by atoms with Crippen molar-refractivity contribution in [1.29, 1.82) is 0 Å². The standard InChI is InChI=1S/C6H7N3OS/c7-8-5-1-3-6(4-2-5)9-11-10/h1-4,8H,7H2. The fourth-order valence-electron chi connectivity index (χ4n) is 0.662. The third kappa shape index (κ3) is 2.14. The molecule has 0 unspecified atom stereocenters. The molecule has 0 aromatic heterocycles. The fourth-order valence-corrected chi connectivity index (χ4v) is 0.869. The predicted molar refractivity (Wildman–Crippen MR) is 44.5 cm³/mol. The Morgan fingerprint density at radius 1 is 1.36 bits per heavy atom. The van der Waals surface area contributed by atoms with Gasteiger partial charge in [0.15, 0.2) is 0 Å². The highest BCUT2D eigenvalue weighted by Gasteiger charge is 1.88. The van der Waals surface area contributed by atoms with E-state index in [9.17, 15) is 4.21 Å². The summed E-state index contributed by atoms with van der Waals surface area (Å²) in [5.41, 5.74) is 3.90. The minimum Gasteiger partial charge on any atom is -0.324 e. The average Bonchev–Trinajstić information content (AvgIpc) is 2.07. The number of benzene rings is 1. The third-order valence-corrected chi connectivity index (χ3v) is 1.46. The molecular formula is C6H7N3OS. The van der Waals surface area contributed by atoms with Gasteiger partial charge in [-0.05, 0) is 24.3 Å². The molecule has 11 heavy (non-hydrogen) atoms. The molecule has 0 heterocycles. The zero-order chi connectivity index (χ0) is 8.10. The second kappa shape index (κ2) is 3.85. The molecule has 1 rings (SSSR count). The summed E-state index contributed by atoms with van der Waals surface area (Å²) < 4.78 is 13.5. The van der Waals surface area contributed by atoms with Crippen LogP contribution in [0.25, 0.3) is 0 Å². The summed E-state index contributed by atoms with van der Waals surface area (Å²) in [6, 6.07) is 6.91.